The van der Waals surface area contributed by atoms with Crippen LogP contribution in [0.15, 0.2) is 18.3 Å². The molecule has 20 heavy (non-hydrogen) atoms. The van der Waals surface area contributed by atoms with Gasteiger partial charge in [-0.05, 0) is 18.9 Å². The lowest BCUT2D eigenvalue weighted by Crippen LogP contribution is -2.36. The van der Waals surface area contributed by atoms with Gasteiger partial charge in [0.1, 0.15) is 11.9 Å². The summed E-state index contributed by atoms with van der Waals surface area (Å²) >= 11 is 0. The van der Waals surface area contributed by atoms with Crippen LogP contribution in [0.1, 0.15) is 12.8 Å². The molecule has 0 radical (unpaired) electrons. The number of hydrogen-bond donors (Lipinski definition) is 0. The van der Waals surface area contributed by atoms with Gasteiger partial charge in [0.15, 0.2) is 0 Å². The predicted molar refractivity (Wildman–Crippen MR) is 73.7 cm³/mol. The fourth-order valence-electron chi connectivity index (χ4n) is 2.72. The Morgan fingerprint density at radius 1 is 1.50 bits per heavy atom. The molecule has 1 aliphatic heterocycles. The molecule has 0 N–H and O–H groups in total. The second-order valence-corrected chi connectivity index (χ2v) is 5.15. The zero-order valence-electron chi connectivity index (χ0n) is 11.1. The van der Waals surface area contributed by atoms with Crippen molar-refractivity contribution in [3.05, 3.63) is 28.4 Å². The van der Waals surface area contributed by atoms with Gasteiger partial charge in [-0.2, -0.15) is 5.10 Å². The van der Waals surface area contributed by atoms with Crippen LogP contribution in [0.5, 0.6) is 0 Å². The summed E-state index contributed by atoms with van der Waals surface area (Å²) in [7, 11) is 1.77. The quantitative estimate of drug-likeness (QED) is 0.625. The maximum Gasteiger partial charge on any atom is 0.294 e. The molecule has 0 bridgehead atoms. The Morgan fingerprint density at radius 3 is 3.00 bits per heavy atom. The number of nitrogens with zero attached hydrogens (tertiary/aromatic N) is 4. The van der Waals surface area contributed by atoms with E-state index in [1.165, 1.54) is 6.07 Å². The van der Waals surface area contributed by atoms with Crippen LogP contribution >= 0.6 is 0 Å². The first-order valence-electron chi connectivity index (χ1n) is 6.55. The highest BCUT2D eigenvalue weighted by Crippen LogP contribution is 2.34. The van der Waals surface area contributed by atoms with Crippen molar-refractivity contribution >= 4 is 22.3 Å². The highest BCUT2D eigenvalue weighted by Gasteiger charge is 2.26. The molecular weight excluding hydrogens is 263 g/mol. The largest absolute Gasteiger partial charge is 0.363 e. The number of halogens is 1. The summed E-state index contributed by atoms with van der Waals surface area (Å²) in [4.78, 5) is 12.6. The molecule has 1 saturated heterocycles. The summed E-state index contributed by atoms with van der Waals surface area (Å²) in [6.45, 7) is 0.861. The van der Waals surface area contributed by atoms with Crippen LogP contribution < -0.4 is 4.90 Å². The lowest BCUT2D eigenvalue weighted by molar-refractivity contribution is -0.384. The van der Waals surface area contributed by atoms with Crippen LogP contribution in [0.4, 0.5) is 15.8 Å². The molecule has 1 aromatic carbocycles. The van der Waals surface area contributed by atoms with Crippen LogP contribution in [0.2, 0.25) is 0 Å². The molecule has 2 aromatic rings. The molecule has 0 saturated carbocycles. The Hall–Kier alpha value is -2.18. The highest BCUT2D eigenvalue weighted by atomic mass is 19.1. The number of aryl methyl sites for hydroxylation is 1. The molecule has 1 fully saturated rings. The number of rotatable bonds is 2. The summed E-state index contributed by atoms with van der Waals surface area (Å²) < 4.78 is 15.2. The molecule has 0 aliphatic carbocycles. The zero-order valence-corrected chi connectivity index (χ0v) is 11.1. The Labute approximate surface area is 114 Å². The van der Waals surface area contributed by atoms with E-state index in [0.29, 0.717) is 30.6 Å². The molecule has 0 spiro atoms. The fourth-order valence-corrected chi connectivity index (χ4v) is 2.72. The third-order valence-electron chi connectivity index (χ3n) is 3.62. The van der Waals surface area contributed by atoms with E-state index in [1.807, 2.05) is 0 Å². The van der Waals surface area contributed by atoms with E-state index >= 15 is 0 Å². The number of nitro benzene ring substituents is 1. The van der Waals surface area contributed by atoms with Gasteiger partial charge in [-0.1, -0.05) is 0 Å². The molecule has 3 rings (SSSR count). The number of hydrogen-bond acceptors (Lipinski definition) is 4. The van der Waals surface area contributed by atoms with Gasteiger partial charge < -0.3 is 4.90 Å². The Kier molecular flexibility index (Phi) is 3.04. The summed E-state index contributed by atoms with van der Waals surface area (Å²) in [6.07, 6.45) is 2.12. The van der Waals surface area contributed by atoms with Gasteiger partial charge >= 0.3 is 0 Å². The first-order chi connectivity index (χ1) is 9.54. The maximum absolute atomic E-state index is 13.5. The fraction of sp³-hybridized carbons (Fsp3) is 0.462. The van der Waals surface area contributed by atoms with E-state index in [0.717, 1.165) is 5.39 Å². The summed E-state index contributed by atoms with van der Waals surface area (Å²) in [5.41, 5.74) is 1.06. The second-order valence-electron chi connectivity index (χ2n) is 5.15. The van der Waals surface area contributed by atoms with E-state index in [1.54, 1.807) is 28.9 Å². The lowest BCUT2D eigenvalue weighted by atomic mass is 10.1. The minimum atomic E-state index is -0.923. The molecular formula is C13H15FN4O2. The van der Waals surface area contributed by atoms with Gasteiger partial charge in [-0.25, -0.2) is 4.39 Å². The first kappa shape index (κ1) is 12.8. The van der Waals surface area contributed by atoms with Crippen LogP contribution in [0.25, 0.3) is 10.9 Å². The second kappa shape index (κ2) is 4.73. The molecule has 2 heterocycles. The Morgan fingerprint density at radius 2 is 2.30 bits per heavy atom. The van der Waals surface area contributed by atoms with E-state index in [9.17, 15) is 14.5 Å². The number of fused-ring (bicyclic) bond motifs is 1. The molecule has 1 atom stereocenters. The molecule has 7 heteroatoms. The van der Waals surface area contributed by atoms with Crippen LogP contribution in [-0.2, 0) is 7.05 Å². The first-order valence-corrected chi connectivity index (χ1v) is 6.55. The maximum atomic E-state index is 13.5. The minimum Gasteiger partial charge on any atom is -0.363 e. The van der Waals surface area contributed by atoms with Gasteiger partial charge in [-0.15, -0.1) is 0 Å². The molecule has 1 unspecified atom stereocenters. The number of benzene rings is 1. The number of aromatic nitrogens is 2. The van der Waals surface area contributed by atoms with E-state index in [-0.39, 0.29) is 12.2 Å². The molecule has 0 amide bonds. The monoisotopic (exact) mass is 278 g/mol. The van der Waals surface area contributed by atoms with Gasteiger partial charge in [0, 0.05) is 37.8 Å². The van der Waals surface area contributed by atoms with E-state index in [4.69, 9.17) is 0 Å². The van der Waals surface area contributed by atoms with Gasteiger partial charge in [-0.3, -0.25) is 14.8 Å². The number of piperidine rings is 1. The van der Waals surface area contributed by atoms with E-state index in [2.05, 4.69) is 5.10 Å². The summed E-state index contributed by atoms with van der Waals surface area (Å²) in [6, 6.07) is 3.20. The van der Waals surface area contributed by atoms with Gasteiger partial charge in [0.2, 0.25) is 0 Å². The average molecular weight is 278 g/mol. The van der Waals surface area contributed by atoms with Crippen molar-refractivity contribution < 1.29 is 9.31 Å². The van der Waals surface area contributed by atoms with Crippen molar-refractivity contribution in [1.29, 1.82) is 0 Å². The summed E-state index contributed by atoms with van der Waals surface area (Å²) in [5.74, 6) is 0. The van der Waals surface area contributed by atoms with Gasteiger partial charge in [0.05, 0.1) is 10.4 Å². The van der Waals surface area contributed by atoms with Crippen molar-refractivity contribution in [3.8, 4) is 0 Å². The molecule has 1 aliphatic rings. The zero-order chi connectivity index (χ0) is 14.3. The Balaban J connectivity index is 2.11. The SMILES string of the molecule is Cn1cc2cc(N3CCCC(F)C3)c([N+](=O)[O-])cc2n1. The van der Waals surface area contributed by atoms with Crippen molar-refractivity contribution in [1.82, 2.24) is 9.78 Å². The van der Waals surface area contributed by atoms with Crippen LogP contribution in [0.3, 0.4) is 0 Å². The van der Waals surface area contributed by atoms with Crippen molar-refractivity contribution in [2.45, 2.75) is 19.0 Å². The minimum absolute atomic E-state index is 0.00898. The lowest BCUT2D eigenvalue weighted by Gasteiger charge is -2.30. The molecule has 1 aromatic heterocycles. The predicted octanol–water partition coefficient (Wildman–Crippen LogP) is 2.42. The highest BCUT2D eigenvalue weighted by molar-refractivity contribution is 5.87. The molecule has 6 nitrogen and oxygen atoms in total. The normalized spacial score (nSPS) is 19.5. The number of nitro groups is 1. The topological polar surface area (TPSA) is 64.2 Å². The molecule has 106 valence electrons. The van der Waals surface area contributed by atoms with Crippen molar-refractivity contribution in [2.24, 2.45) is 7.05 Å². The van der Waals surface area contributed by atoms with Crippen molar-refractivity contribution in [3.63, 3.8) is 0 Å². The standard InChI is InChI=1S/C13H15FN4O2/c1-16-7-9-5-12(17-4-2-3-10(14)8-17)13(18(19)20)6-11(9)15-16/h5-7,10H,2-4,8H2,1H3. The van der Waals surface area contributed by atoms with Crippen LogP contribution in [-0.4, -0.2) is 34.0 Å². The summed E-state index contributed by atoms with van der Waals surface area (Å²) in [5, 5.41) is 16.3. The number of anilines is 1. The smallest absolute Gasteiger partial charge is 0.294 e. The van der Waals surface area contributed by atoms with Crippen molar-refractivity contribution in [2.75, 3.05) is 18.0 Å². The average Bonchev–Trinajstić information content (AvgIpc) is 2.76. The number of alkyl halides is 1. The van der Waals surface area contributed by atoms with Crippen LogP contribution in [0, 0.1) is 10.1 Å². The third kappa shape index (κ3) is 2.19. The van der Waals surface area contributed by atoms with Gasteiger partial charge in [0.25, 0.3) is 5.69 Å². The third-order valence-corrected chi connectivity index (χ3v) is 3.62. The Bertz CT molecular complexity index is 670. The van der Waals surface area contributed by atoms with E-state index < -0.39 is 11.1 Å².